The second-order valence-electron chi connectivity index (χ2n) is 4.96. The lowest BCUT2D eigenvalue weighted by Crippen LogP contribution is -2.24. The number of para-hydroxylation sites is 1. The molecule has 0 radical (unpaired) electrons. The molecule has 0 aromatic heterocycles. The van der Waals surface area contributed by atoms with Gasteiger partial charge >= 0.3 is 5.97 Å². The smallest absolute Gasteiger partial charge is 0.308 e. The molecule has 1 aliphatic rings. The summed E-state index contributed by atoms with van der Waals surface area (Å²) in [6, 6.07) is 5.84. The Labute approximate surface area is 107 Å². The van der Waals surface area contributed by atoms with E-state index in [0.29, 0.717) is 12.4 Å². The van der Waals surface area contributed by atoms with Crippen molar-refractivity contribution in [1.82, 2.24) is 0 Å². The van der Waals surface area contributed by atoms with Crippen LogP contribution in [0.4, 0.5) is 0 Å². The quantitative estimate of drug-likeness (QED) is 0.769. The van der Waals surface area contributed by atoms with Crippen LogP contribution in [-0.4, -0.2) is 25.3 Å². The highest BCUT2D eigenvalue weighted by Gasteiger charge is 2.32. The maximum atomic E-state index is 11.0. The first-order valence-electron chi connectivity index (χ1n) is 6.02. The van der Waals surface area contributed by atoms with Crippen LogP contribution in [0.1, 0.15) is 25.8 Å². The summed E-state index contributed by atoms with van der Waals surface area (Å²) in [5, 5.41) is 0. The third-order valence-corrected chi connectivity index (χ3v) is 2.85. The number of carbonyl (C=O) groups excluding carboxylic acids is 1. The standard InChI is InChI=1S/C14H18O4/c1-14(2)9-10-5-4-6-11(13(10)18-14)17-8-7-12(15)16-3/h4-6H,7-9H2,1-3H3. The van der Waals surface area contributed by atoms with Crippen molar-refractivity contribution in [3.05, 3.63) is 23.8 Å². The van der Waals surface area contributed by atoms with Crippen LogP contribution in [-0.2, 0) is 16.0 Å². The monoisotopic (exact) mass is 250 g/mol. The van der Waals surface area contributed by atoms with Crippen molar-refractivity contribution in [3.63, 3.8) is 0 Å². The number of benzene rings is 1. The van der Waals surface area contributed by atoms with Gasteiger partial charge in [-0.25, -0.2) is 0 Å². The molecule has 0 fully saturated rings. The van der Waals surface area contributed by atoms with Gasteiger partial charge in [0.15, 0.2) is 11.5 Å². The van der Waals surface area contributed by atoms with Gasteiger partial charge in [0, 0.05) is 12.0 Å². The van der Waals surface area contributed by atoms with E-state index < -0.39 is 0 Å². The Kier molecular flexibility index (Phi) is 3.45. The highest BCUT2D eigenvalue weighted by molar-refractivity contribution is 5.69. The second kappa shape index (κ2) is 4.88. The highest BCUT2D eigenvalue weighted by Crippen LogP contribution is 2.41. The van der Waals surface area contributed by atoms with E-state index in [1.807, 2.05) is 32.0 Å². The van der Waals surface area contributed by atoms with Crippen LogP contribution < -0.4 is 9.47 Å². The van der Waals surface area contributed by atoms with Crippen molar-refractivity contribution in [3.8, 4) is 11.5 Å². The van der Waals surface area contributed by atoms with Crippen LogP contribution in [0.25, 0.3) is 0 Å². The Bertz CT molecular complexity index is 451. The van der Waals surface area contributed by atoms with Crippen LogP contribution in [0.3, 0.4) is 0 Å². The molecule has 4 nitrogen and oxygen atoms in total. The van der Waals surface area contributed by atoms with E-state index in [1.54, 1.807) is 0 Å². The van der Waals surface area contributed by atoms with Gasteiger partial charge in [-0.1, -0.05) is 12.1 Å². The van der Waals surface area contributed by atoms with Crippen molar-refractivity contribution in [2.45, 2.75) is 32.3 Å². The van der Waals surface area contributed by atoms with Crippen molar-refractivity contribution < 1.29 is 19.0 Å². The fraction of sp³-hybridized carbons (Fsp3) is 0.500. The lowest BCUT2D eigenvalue weighted by molar-refractivity contribution is -0.141. The summed E-state index contributed by atoms with van der Waals surface area (Å²) >= 11 is 0. The molecular formula is C14H18O4. The zero-order valence-electron chi connectivity index (χ0n) is 11.0. The number of carbonyl (C=O) groups is 1. The summed E-state index contributed by atoms with van der Waals surface area (Å²) in [7, 11) is 1.37. The molecule has 2 rings (SSSR count). The van der Waals surface area contributed by atoms with E-state index in [0.717, 1.165) is 17.7 Å². The number of hydrogen-bond acceptors (Lipinski definition) is 4. The van der Waals surface area contributed by atoms with Gasteiger partial charge in [-0.2, -0.15) is 0 Å². The number of esters is 1. The third kappa shape index (κ3) is 2.75. The number of rotatable bonds is 4. The Morgan fingerprint density at radius 2 is 2.22 bits per heavy atom. The second-order valence-corrected chi connectivity index (χ2v) is 4.96. The summed E-state index contributed by atoms with van der Waals surface area (Å²) in [5.41, 5.74) is 0.958. The normalized spacial score (nSPS) is 15.7. The van der Waals surface area contributed by atoms with E-state index in [4.69, 9.17) is 9.47 Å². The Morgan fingerprint density at radius 3 is 2.94 bits per heavy atom. The van der Waals surface area contributed by atoms with E-state index in [9.17, 15) is 4.79 Å². The number of fused-ring (bicyclic) bond motifs is 1. The Balaban J connectivity index is 2.03. The Morgan fingerprint density at radius 1 is 1.44 bits per heavy atom. The summed E-state index contributed by atoms with van der Waals surface area (Å²) in [4.78, 5) is 11.0. The summed E-state index contributed by atoms with van der Waals surface area (Å²) in [5.74, 6) is 1.22. The molecule has 0 amide bonds. The molecule has 1 aliphatic heterocycles. The molecule has 0 saturated carbocycles. The van der Waals surface area contributed by atoms with Crippen LogP contribution in [0, 0.1) is 0 Å². The molecular weight excluding hydrogens is 232 g/mol. The lowest BCUT2D eigenvalue weighted by atomic mass is 10.0. The largest absolute Gasteiger partial charge is 0.489 e. The van der Waals surface area contributed by atoms with E-state index in [1.165, 1.54) is 7.11 Å². The molecule has 1 heterocycles. The summed E-state index contributed by atoms with van der Waals surface area (Å²) in [6.07, 6.45) is 1.11. The predicted molar refractivity (Wildman–Crippen MR) is 67.0 cm³/mol. The third-order valence-electron chi connectivity index (χ3n) is 2.85. The minimum Gasteiger partial charge on any atom is -0.489 e. The number of methoxy groups -OCH3 is 1. The first-order chi connectivity index (χ1) is 8.52. The van der Waals surface area contributed by atoms with E-state index in [-0.39, 0.29) is 18.0 Å². The molecule has 18 heavy (non-hydrogen) atoms. The lowest BCUT2D eigenvalue weighted by Gasteiger charge is -2.18. The first kappa shape index (κ1) is 12.7. The first-order valence-corrected chi connectivity index (χ1v) is 6.02. The van der Waals surface area contributed by atoms with Crippen molar-refractivity contribution >= 4 is 5.97 Å². The van der Waals surface area contributed by atoms with Gasteiger partial charge in [-0.3, -0.25) is 4.79 Å². The molecule has 0 saturated heterocycles. The molecule has 0 bridgehead atoms. The number of ether oxygens (including phenoxy) is 3. The van der Waals surface area contributed by atoms with Crippen molar-refractivity contribution in [2.75, 3.05) is 13.7 Å². The molecule has 1 aromatic carbocycles. The molecule has 0 aliphatic carbocycles. The van der Waals surface area contributed by atoms with Gasteiger partial charge in [0.1, 0.15) is 5.60 Å². The molecule has 0 atom stereocenters. The fourth-order valence-corrected chi connectivity index (χ4v) is 2.05. The maximum absolute atomic E-state index is 11.0. The summed E-state index contributed by atoms with van der Waals surface area (Å²) in [6.45, 7) is 4.39. The SMILES string of the molecule is COC(=O)CCOc1cccc2c1OC(C)(C)C2. The predicted octanol–water partition coefficient (Wildman–Crippen LogP) is 2.34. The highest BCUT2D eigenvalue weighted by atomic mass is 16.5. The van der Waals surface area contributed by atoms with Gasteiger partial charge < -0.3 is 14.2 Å². The minimum atomic E-state index is -0.274. The van der Waals surface area contributed by atoms with Gasteiger partial charge in [0.2, 0.25) is 0 Å². The average molecular weight is 250 g/mol. The summed E-state index contributed by atoms with van der Waals surface area (Å²) < 4.78 is 16.0. The van der Waals surface area contributed by atoms with Gasteiger partial charge in [0.05, 0.1) is 20.1 Å². The minimum absolute atomic E-state index is 0.190. The molecule has 0 spiro atoms. The van der Waals surface area contributed by atoms with E-state index >= 15 is 0 Å². The van der Waals surface area contributed by atoms with Crippen LogP contribution >= 0.6 is 0 Å². The van der Waals surface area contributed by atoms with Crippen LogP contribution in [0.2, 0.25) is 0 Å². The van der Waals surface area contributed by atoms with Gasteiger partial charge in [-0.15, -0.1) is 0 Å². The molecule has 0 N–H and O–H groups in total. The molecule has 0 unspecified atom stereocenters. The Hall–Kier alpha value is -1.71. The van der Waals surface area contributed by atoms with E-state index in [2.05, 4.69) is 4.74 Å². The zero-order valence-corrected chi connectivity index (χ0v) is 11.0. The van der Waals surface area contributed by atoms with Crippen LogP contribution in [0.15, 0.2) is 18.2 Å². The fourth-order valence-electron chi connectivity index (χ4n) is 2.05. The van der Waals surface area contributed by atoms with Crippen molar-refractivity contribution in [1.29, 1.82) is 0 Å². The molecule has 1 aromatic rings. The van der Waals surface area contributed by atoms with Crippen molar-refractivity contribution in [2.24, 2.45) is 0 Å². The zero-order chi connectivity index (χ0) is 13.2. The van der Waals surface area contributed by atoms with Gasteiger partial charge in [0.25, 0.3) is 0 Å². The number of hydrogen-bond donors (Lipinski definition) is 0. The molecule has 4 heteroatoms. The average Bonchev–Trinajstić information content (AvgIpc) is 2.63. The molecule has 98 valence electrons. The topological polar surface area (TPSA) is 44.8 Å². The maximum Gasteiger partial charge on any atom is 0.308 e. The van der Waals surface area contributed by atoms with Crippen LogP contribution in [0.5, 0.6) is 11.5 Å². The van der Waals surface area contributed by atoms with Gasteiger partial charge in [-0.05, 0) is 19.9 Å².